The van der Waals surface area contributed by atoms with Crippen LogP contribution in [-0.2, 0) is 16.6 Å². The van der Waals surface area contributed by atoms with Crippen molar-refractivity contribution in [3.8, 4) is 0 Å². The predicted molar refractivity (Wildman–Crippen MR) is 88.1 cm³/mol. The van der Waals surface area contributed by atoms with E-state index in [1.807, 2.05) is 27.7 Å². The predicted octanol–water partition coefficient (Wildman–Crippen LogP) is 3.16. The summed E-state index contributed by atoms with van der Waals surface area (Å²) in [5, 5.41) is 3.64. The highest BCUT2D eigenvalue weighted by Crippen LogP contribution is 2.21. The fourth-order valence-electron chi connectivity index (χ4n) is 1.88. The van der Waals surface area contributed by atoms with Crippen LogP contribution in [0, 0.1) is 5.92 Å². The quantitative estimate of drug-likeness (QED) is 0.768. The maximum atomic E-state index is 12.4. The Morgan fingerprint density at radius 2 is 1.90 bits per heavy atom. The van der Waals surface area contributed by atoms with Crippen LogP contribution >= 0.6 is 11.6 Å². The Morgan fingerprint density at radius 1 is 1.24 bits per heavy atom. The van der Waals surface area contributed by atoms with Crippen LogP contribution < -0.4 is 10.0 Å². The molecule has 0 spiro atoms. The Kier molecular flexibility index (Phi) is 7.13. The molecule has 2 N–H and O–H groups in total. The number of benzene rings is 1. The fraction of sp³-hybridized carbons (Fsp3) is 0.600. The van der Waals surface area contributed by atoms with E-state index in [4.69, 9.17) is 11.6 Å². The number of hydrogen-bond acceptors (Lipinski definition) is 3. The van der Waals surface area contributed by atoms with Gasteiger partial charge < -0.3 is 5.32 Å². The molecule has 2 unspecified atom stereocenters. The van der Waals surface area contributed by atoms with Gasteiger partial charge in [-0.2, -0.15) is 0 Å². The van der Waals surface area contributed by atoms with E-state index in [0.717, 1.165) is 18.5 Å². The molecule has 0 aliphatic rings. The molecule has 0 aliphatic carbocycles. The van der Waals surface area contributed by atoms with Crippen LogP contribution in [0.5, 0.6) is 0 Å². The molecule has 1 aromatic rings. The van der Waals surface area contributed by atoms with E-state index >= 15 is 0 Å². The van der Waals surface area contributed by atoms with Crippen LogP contribution in [-0.4, -0.2) is 21.0 Å². The van der Waals surface area contributed by atoms with Crippen LogP contribution in [0.4, 0.5) is 0 Å². The average molecular weight is 333 g/mol. The molecule has 0 aromatic heterocycles. The molecule has 0 heterocycles. The van der Waals surface area contributed by atoms with Gasteiger partial charge in [-0.25, -0.2) is 13.1 Å². The smallest absolute Gasteiger partial charge is 0.240 e. The van der Waals surface area contributed by atoms with Gasteiger partial charge in [-0.05, 0) is 37.1 Å². The topological polar surface area (TPSA) is 58.2 Å². The second-order valence-electron chi connectivity index (χ2n) is 5.33. The van der Waals surface area contributed by atoms with Gasteiger partial charge in [0.25, 0.3) is 0 Å². The molecule has 0 aliphatic heterocycles. The maximum Gasteiger partial charge on any atom is 0.240 e. The van der Waals surface area contributed by atoms with Crippen molar-refractivity contribution < 1.29 is 8.42 Å². The summed E-state index contributed by atoms with van der Waals surface area (Å²) >= 11 is 6.17. The number of hydrogen-bond donors (Lipinski definition) is 2. The standard InChI is InChI=1S/C15H25ClN2O2S/c1-5-11(3)12(4)18-21(19,20)14-8-7-13(10-17-6-2)15(16)9-14/h7-9,11-12,17-18H,5-6,10H2,1-4H3. The van der Waals surface area contributed by atoms with Gasteiger partial charge in [0, 0.05) is 17.6 Å². The lowest BCUT2D eigenvalue weighted by Gasteiger charge is -2.20. The zero-order valence-electron chi connectivity index (χ0n) is 13.1. The van der Waals surface area contributed by atoms with E-state index in [-0.39, 0.29) is 16.9 Å². The van der Waals surface area contributed by atoms with E-state index < -0.39 is 10.0 Å². The zero-order chi connectivity index (χ0) is 16.0. The second-order valence-corrected chi connectivity index (χ2v) is 7.45. The van der Waals surface area contributed by atoms with E-state index in [0.29, 0.717) is 11.6 Å². The molecule has 0 fully saturated rings. The van der Waals surface area contributed by atoms with Crippen molar-refractivity contribution in [1.82, 2.24) is 10.0 Å². The third-order valence-electron chi connectivity index (χ3n) is 3.74. The van der Waals surface area contributed by atoms with E-state index in [2.05, 4.69) is 10.0 Å². The molecule has 21 heavy (non-hydrogen) atoms. The molecule has 2 atom stereocenters. The molecular weight excluding hydrogens is 308 g/mol. The number of halogens is 1. The lowest BCUT2D eigenvalue weighted by Crippen LogP contribution is -2.36. The van der Waals surface area contributed by atoms with Gasteiger partial charge in [-0.3, -0.25) is 0 Å². The summed E-state index contributed by atoms with van der Waals surface area (Å²) in [6, 6.07) is 4.76. The molecule has 6 heteroatoms. The molecule has 1 aromatic carbocycles. The number of sulfonamides is 1. The highest BCUT2D eigenvalue weighted by Gasteiger charge is 2.21. The summed E-state index contributed by atoms with van der Waals surface area (Å²) in [5.74, 6) is 0.281. The monoisotopic (exact) mass is 332 g/mol. The van der Waals surface area contributed by atoms with Crippen molar-refractivity contribution in [3.05, 3.63) is 28.8 Å². The summed E-state index contributed by atoms with van der Waals surface area (Å²) in [4.78, 5) is 0.211. The first kappa shape index (κ1) is 18.4. The van der Waals surface area contributed by atoms with Gasteiger partial charge in [-0.15, -0.1) is 0 Å². The first-order valence-electron chi connectivity index (χ1n) is 7.33. The van der Waals surface area contributed by atoms with Gasteiger partial charge in [-0.1, -0.05) is 44.9 Å². The Balaban J connectivity index is 2.91. The minimum absolute atomic E-state index is 0.111. The minimum atomic E-state index is -3.53. The lowest BCUT2D eigenvalue weighted by molar-refractivity contribution is 0.434. The molecule has 0 amide bonds. The van der Waals surface area contributed by atoms with Gasteiger partial charge in [0.15, 0.2) is 0 Å². The van der Waals surface area contributed by atoms with E-state index in [9.17, 15) is 8.42 Å². The van der Waals surface area contributed by atoms with Crippen molar-refractivity contribution in [2.75, 3.05) is 6.54 Å². The Bertz CT molecular complexity index is 561. The summed E-state index contributed by atoms with van der Waals surface area (Å²) in [7, 11) is -3.53. The maximum absolute atomic E-state index is 12.4. The van der Waals surface area contributed by atoms with E-state index in [1.54, 1.807) is 12.1 Å². The molecule has 1 rings (SSSR count). The minimum Gasteiger partial charge on any atom is -0.313 e. The third-order valence-corrected chi connectivity index (χ3v) is 5.65. The lowest BCUT2D eigenvalue weighted by atomic mass is 10.0. The summed E-state index contributed by atoms with van der Waals surface area (Å²) in [5.41, 5.74) is 0.896. The summed E-state index contributed by atoms with van der Waals surface area (Å²) in [6.45, 7) is 9.43. The molecule has 4 nitrogen and oxygen atoms in total. The van der Waals surface area contributed by atoms with Crippen LogP contribution in [0.3, 0.4) is 0 Å². The van der Waals surface area contributed by atoms with Gasteiger partial charge in [0.05, 0.1) is 4.90 Å². The first-order chi connectivity index (χ1) is 9.81. The molecule has 0 bridgehead atoms. The third kappa shape index (κ3) is 5.25. The van der Waals surface area contributed by atoms with Crippen LogP contribution in [0.15, 0.2) is 23.1 Å². The Labute approximate surface area is 133 Å². The Morgan fingerprint density at radius 3 is 2.43 bits per heavy atom. The van der Waals surface area contributed by atoms with Crippen molar-refractivity contribution in [2.45, 2.75) is 51.6 Å². The van der Waals surface area contributed by atoms with Gasteiger partial charge >= 0.3 is 0 Å². The van der Waals surface area contributed by atoms with Crippen molar-refractivity contribution >= 4 is 21.6 Å². The molecule has 0 saturated heterocycles. The van der Waals surface area contributed by atoms with Crippen LogP contribution in [0.1, 0.15) is 39.7 Å². The second kappa shape index (κ2) is 8.13. The molecule has 120 valence electrons. The highest BCUT2D eigenvalue weighted by atomic mass is 35.5. The summed E-state index contributed by atoms with van der Waals surface area (Å²) < 4.78 is 27.4. The SMILES string of the molecule is CCNCc1ccc(S(=O)(=O)NC(C)C(C)CC)cc1Cl. The van der Waals surface area contributed by atoms with Gasteiger partial charge in [0.1, 0.15) is 0 Å². The van der Waals surface area contributed by atoms with E-state index in [1.165, 1.54) is 6.07 Å². The molecule has 0 radical (unpaired) electrons. The average Bonchev–Trinajstić information content (AvgIpc) is 2.44. The molecular formula is C15H25ClN2O2S. The van der Waals surface area contributed by atoms with Gasteiger partial charge in [0.2, 0.25) is 10.0 Å². The van der Waals surface area contributed by atoms with Crippen molar-refractivity contribution in [2.24, 2.45) is 5.92 Å². The van der Waals surface area contributed by atoms with Crippen molar-refractivity contribution in [1.29, 1.82) is 0 Å². The van der Waals surface area contributed by atoms with Crippen LogP contribution in [0.2, 0.25) is 5.02 Å². The Hall–Kier alpha value is -0.620. The normalized spacial score (nSPS) is 14.9. The van der Waals surface area contributed by atoms with Crippen molar-refractivity contribution in [3.63, 3.8) is 0 Å². The molecule has 0 saturated carbocycles. The number of rotatable bonds is 8. The zero-order valence-corrected chi connectivity index (χ0v) is 14.7. The fourth-order valence-corrected chi connectivity index (χ4v) is 3.57. The summed E-state index contributed by atoms with van der Waals surface area (Å²) in [6.07, 6.45) is 0.923. The first-order valence-corrected chi connectivity index (χ1v) is 9.19. The largest absolute Gasteiger partial charge is 0.313 e. The highest BCUT2D eigenvalue weighted by molar-refractivity contribution is 7.89. The number of nitrogens with one attached hydrogen (secondary N) is 2. The van der Waals surface area contributed by atoms with Crippen LogP contribution in [0.25, 0.3) is 0 Å².